The molecule has 3 rings (SSSR count). The quantitative estimate of drug-likeness (QED) is 0.872. The minimum atomic E-state index is -0.661. The zero-order chi connectivity index (χ0) is 15.7. The smallest absolute Gasteiger partial charge is 0.338 e. The highest BCUT2D eigenvalue weighted by molar-refractivity contribution is 6.09. The molecule has 1 N–H and O–H groups in total. The van der Waals surface area contributed by atoms with Crippen LogP contribution in [-0.2, 0) is 14.3 Å². The lowest BCUT2D eigenvalue weighted by Gasteiger charge is -2.32. The van der Waals surface area contributed by atoms with E-state index in [2.05, 4.69) is 0 Å². The molecule has 5 heteroatoms. The largest absolute Gasteiger partial charge is 0.507 e. The Morgan fingerprint density at radius 3 is 2.73 bits per heavy atom. The molecule has 0 radical (unpaired) electrons. The third-order valence-electron chi connectivity index (χ3n) is 4.46. The molecular weight excluding hydrogens is 282 g/mol. The summed E-state index contributed by atoms with van der Waals surface area (Å²) in [5.41, 5.74) is 1.19. The van der Waals surface area contributed by atoms with Crippen LogP contribution >= 0.6 is 0 Å². The number of hydrogen-bond donors (Lipinski definition) is 1. The molecule has 0 unspecified atom stereocenters. The molecule has 1 fully saturated rings. The molecule has 1 aromatic rings. The van der Waals surface area contributed by atoms with Gasteiger partial charge in [-0.05, 0) is 30.9 Å². The molecule has 0 saturated heterocycles. The van der Waals surface area contributed by atoms with Crippen LogP contribution in [0.1, 0.15) is 31.2 Å². The molecule has 1 saturated carbocycles. The second kappa shape index (κ2) is 5.83. The van der Waals surface area contributed by atoms with Crippen LogP contribution < -0.4 is 4.90 Å². The molecule has 1 aromatic carbocycles. The molecule has 5 nitrogen and oxygen atoms in total. The van der Waals surface area contributed by atoms with E-state index in [9.17, 15) is 14.7 Å². The Bertz CT molecular complexity index is 646. The number of amides is 1. The number of anilines is 1. The van der Waals surface area contributed by atoms with Gasteiger partial charge in [-0.2, -0.15) is 0 Å². The first-order chi connectivity index (χ1) is 10.6. The number of methoxy groups -OCH3 is 1. The summed E-state index contributed by atoms with van der Waals surface area (Å²) in [6.45, 7) is 0.636. The van der Waals surface area contributed by atoms with Crippen molar-refractivity contribution in [2.24, 2.45) is 5.92 Å². The standard InChI is InChI=1S/C17H19NO4/c1-22-17(21)13-9-15(19)18(10-11-5-4-6-11)14-8-3-2-7-12(14)16(13)20/h2-3,7-8,11,20H,4-6,9-10H2,1H3. The summed E-state index contributed by atoms with van der Waals surface area (Å²) in [5.74, 6) is -0.499. The van der Waals surface area contributed by atoms with Gasteiger partial charge in [-0.1, -0.05) is 18.6 Å². The Morgan fingerprint density at radius 1 is 1.36 bits per heavy atom. The van der Waals surface area contributed by atoms with Crippen molar-refractivity contribution in [2.45, 2.75) is 25.7 Å². The average molecular weight is 301 g/mol. The molecule has 1 aliphatic carbocycles. The SMILES string of the molecule is COC(=O)C1=C(O)c2ccccc2N(CC2CCC2)C(=O)C1. The average Bonchev–Trinajstić information content (AvgIpc) is 2.59. The van der Waals surface area contributed by atoms with Crippen LogP contribution in [0.2, 0.25) is 0 Å². The highest BCUT2D eigenvalue weighted by Gasteiger charge is 2.33. The Hall–Kier alpha value is -2.30. The van der Waals surface area contributed by atoms with Crippen molar-refractivity contribution in [3.63, 3.8) is 0 Å². The minimum Gasteiger partial charge on any atom is -0.507 e. The van der Waals surface area contributed by atoms with Gasteiger partial charge in [0.25, 0.3) is 0 Å². The number of carbonyl (C=O) groups is 2. The number of aliphatic hydroxyl groups excluding tert-OH is 1. The van der Waals surface area contributed by atoms with Gasteiger partial charge in [-0.3, -0.25) is 4.79 Å². The van der Waals surface area contributed by atoms with Crippen LogP contribution in [0, 0.1) is 5.92 Å². The van der Waals surface area contributed by atoms with Gasteiger partial charge in [0.05, 0.1) is 24.8 Å². The summed E-state index contributed by atoms with van der Waals surface area (Å²) in [6.07, 6.45) is 3.30. The molecule has 0 aromatic heterocycles. The number of ether oxygens (including phenoxy) is 1. The molecule has 22 heavy (non-hydrogen) atoms. The number of carbonyl (C=O) groups excluding carboxylic acids is 2. The van der Waals surface area contributed by atoms with Gasteiger partial charge in [0, 0.05) is 12.1 Å². The van der Waals surface area contributed by atoms with Gasteiger partial charge in [0.1, 0.15) is 5.76 Å². The summed E-state index contributed by atoms with van der Waals surface area (Å²) in [4.78, 5) is 26.2. The number of benzene rings is 1. The lowest BCUT2D eigenvalue weighted by molar-refractivity contribution is -0.137. The predicted octanol–water partition coefficient (Wildman–Crippen LogP) is 2.67. The molecule has 1 amide bonds. The first kappa shape index (κ1) is 14.6. The van der Waals surface area contributed by atoms with E-state index in [0.29, 0.717) is 23.7 Å². The number of aliphatic hydroxyl groups is 1. The molecule has 0 atom stereocenters. The van der Waals surface area contributed by atoms with Crippen LogP contribution in [0.5, 0.6) is 0 Å². The van der Waals surface area contributed by atoms with Gasteiger partial charge in [-0.15, -0.1) is 0 Å². The van der Waals surface area contributed by atoms with Crippen LogP contribution in [0.3, 0.4) is 0 Å². The van der Waals surface area contributed by atoms with Gasteiger partial charge < -0.3 is 14.7 Å². The van der Waals surface area contributed by atoms with Crippen molar-refractivity contribution in [3.8, 4) is 0 Å². The molecule has 0 bridgehead atoms. The van der Waals surface area contributed by atoms with Crippen molar-refractivity contribution >= 4 is 23.3 Å². The van der Waals surface area contributed by atoms with Crippen molar-refractivity contribution < 1.29 is 19.4 Å². The summed E-state index contributed by atoms with van der Waals surface area (Å²) in [5, 5.41) is 10.4. The monoisotopic (exact) mass is 301 g/mol. The first-order valence-electron chi connectivity index (χ1n) is 7.52. The topological polar surface area (TPSA) is 66.8 Å². The Labute approximate surface area is 129 Å². The number of para-hydroxylation sites is 1. The van der Waals surface area contributed by atoms with Crippen molar-refractivity contribution in [3.05, 3.63) is 35.4 Å². The van der Waals surface area contributed by atoms with E-state index in [1.807, 2.05) is 12.1 Å². The zero-order valence-corrected chi connectivity index (χ0v) is 12.5. The highest BCUT2D eigenvalue weighted by atomic mass is 16.5. The van der Waals surface area contributed by atoms with E-state index in [1.54, 1.807) is 17.0 Å². The molecule has 116 valence electrons. The maximum Gasteiger partial charge on any atom is 0.338 e. The Kier molecular flexibility index (Phi) is 3.88. The predicted molar refractivity (Wildman–Crippen MR) is 82.3 cm³/mol. The van der Waals surface area contributed by atoms with Crippen molar-refractivity contribution in [2.75, 3.05) is 18.6 Å². The van der Waals surface area contributed by atoms with Gasteiger partial charge in [-0.25, -0.2) is 4.79 Å². The zero-order valence-electron chi connectivity index (χ0n) is 12.5. The minimum absolute atomic E-state index is 0.0241. The fourth-order valence-corrected chi connectivity index (χ4v) is 2.96. The molecule has 1 aliphatic heterocycles. The number of fused-ring (bicyclic) bond motifs is 1. The van der Waals surface area contributed by atoms with Crippen LogP contribution in [0.15, 0.2) is 29.8 Å². The molecule has 1 heterocycles. The Morgan fingerprint density at radius 2 is 2.09 bits per heavy atom. The van der Waals surface area contributed by atoms with E-state index in [0.717, 1.165) is 12.8 Å². The molecule has 0 spiro atoms. The van der Waals surface area contributed by atoms with Gasteiger partial charge >= 0.3 is 5.97 Å². The van der Waals surface area contributed by atoms with E-state index < -0.39 is 5.97 Å². The van der Waals surface area contributed by atoms with E-state index in [1.165, 1.54) is 13.5 Å². The maximum atomic E-state index is 12.6. The van der Waals surface area contributed by atoms with Gasteiger partial charge in [0.15, 0.2) is 0 Å². The highest BCUT2D eigenvalue weighted by Crippen LogP contribution is 2.36. The number of rotatable bonds is 3. The number of nitrogens with zero attached hydrogens (tertiary/aromatic N) is 1. The molecular formula is C17H19NO4. The Balaban J connectivity index is 2.04. The second-order valence-corrected chi connectivity index (χ2v) is 5.81. The third kappa shape index (κ3) is 2.47. The normalized spacial score (nSPS) is 18.6. The van der Waals surface area contributed by atoms with Crippen LogP contribution in [0.4, 0.5) is 5.69 Å². The lowest BCUT2D eigenvalue weighted by atomic mass is 9.85. The second-order valence-electron chi connectivity index (χ2n) is 5.81. The summed E-state index contributed by atoms with van der Waals surface area (Å²) in [7, 11) is 1.25. The first-order valence-corrected chi connectivity index (χ1v) is 7.52. The number of esters is 1. The van der Waals surface area contributed by atoms with E-state index >= 15 is 0 Å². The van der Waals surface area contributed by atoms with E-state index in [4.69, 9.17) is 4.74 Å². The fraction of sp³-hybridized carbons (Fsp3) is 0.412. The third-order valence-corrected chi connectivity index (χ3v) is 4.46. The van der Waals surface area contributed by atoms with Crippen molar-refractivity contribution in [1.29, 1.82) is 0 Å². The lowest BCUT2D eigenvalue weighted by Crippen LogP contribution is -2.37. The fourth-order valence-electron chi connectivity index (χ4n) is 2.96. The van der Waals surface area contributed by atoms with E-state index in [-0.39, 0.29) is 23.7 Å². The maximum absolute atomic E-state index is 12.6. The van der Waals surface area contributed by atoms with Crippen molar-refractivity contribution in [1.82, 2.24) is 0 Å². The number of hydrogen-bond acceptors (Lipinski definition) is 4. The summed E-state index contributed by atoms with van der Waals surface area (Å²) >= 11 is 0. The summed E-state index contributed by atoms with van der Waals surface area (Å²) < 4.78 is 4.70. The molecule has 2 aliphatic rings. The van der Waals surface area contributed by atoms with Crippen LogP contribution in [0.25, 0.3) is 5.76 Å². The van der Waals surface area contributed by atoms with Gasteiger partial charge in [0.2, 0.25) is 5.91 Å². The van der Waals surface area contributed by atoms with Crippen LogP contribution in [-0.4, -0.2) is 30.6 Å². The summed E-state index contributed by atoms with van der Waals surface area (Å²) in [6, 6.07) is 7.14.